The highest BCUT2D eigenvalue weighted by Crippen LogP contribution is 2.35. The second kappa shape index (κ2) is 8.80. The summed E-state index contributed by atoms with van der Waals surface area (Å²) in [6, 6.07) is 17.0. The van der Waals surface area contributed by atoms with Crippen molar-refractivity contribution in [2.45, 2.75) is 20.4 Å². The molecular formula is C23H19ClN4O2S. The van der Waals surface area contributed by atoms with Crippen LogP contribution in [0.25, 0.3) is 16.2 Å². The van der Waals surface area contributed by atoms with Crippen LogP contribution in [0.5, 0.6) is 0 Å². The molecule has 8 heteroatoms. The number of ether oxygens (including phenoxy) is 1. The average Bonchev–Trinajstić information content (AvgIpc) is 3.30. The van der Waals surface area contributed by atoms with Gasteiger partial charge in [0.2, 0.25) is 0 Å². The van der Waals surface area contributed by atoms with Crippen LogP contribution in [0, 0.1) is 18.3 Å². The number of hydrogen-bond acceptors (Lipinski definition) is 6. The minimum Gasteiger partial charge on any atom is -0.462 e. The van der Waals surface area contributed by atoms with Crippen LogP contribution in [0.2, 0.25) is 5.02 Å². The summed E-state index contributed by atoms with van der Waals surface area (Å²) >= 11 is 7.30. The number of nitrogens with one attached hydrogen (secondary N) is 1. The minimum atomic E-state index is -0.348. The Bertz CT molecular complexity index is 1280. The third kappa shape index (κ3) is 4.13. The lowest BCUT2D eigenvalue weighted by atomic mass is 10.1. The van der Waals surface area contributed by atoms with Crippen LogP contribution in [-0.2, 0) is 11.3 Å². The number of nitrogens with zero attached hydrogens (tertiary/aromatic N) is 3. The summed E-state index contributed by atoms with van der Waals surface area (Å²) in [6.07, 6.45) is 0. The van der Waals surface area contributed by atoms with Gasteiger partial charge in [0, 0.05) is 22.8 Å². The Balaban J connectivity index is 1.79. The molecule has 1 N–H and O–H groups in total. The van der Waals surface area contributed by atoms with E-state index in [1.807, 2.05) is 47.7 Å². The van der Waals surface area contributed by atoms with Crippen LogP contribution in [-0.4, -0.2) is 22.0 Å². The summed E-state index contributed by atoms with van der Waals surface area (Å²) in [6.45, 7) is 4.54. The first kappa shape index (κ1) is 20.9. The molecule has 0 aliphatic heterocycles. The van der Waals surface area contributed by atoms with E-state index in [1.54, 1.807) is 19.1 Å². The Morgan fingerprint density at radius 2 is 1.94 bits per heavy atom. The molecule has 0 fully saturated rings. The number of hydrogen-bond donors (Lipinski definition) is 1. The summed E-state index contributed by atoms with van der Waals surface area (Å²) in [4.78, 5) is 18.4. The number of rotatable bonds is 6. The number of imidazole rings is 1. The molecule has 0 unspecified atom stereocenters. The molecule has 0 amide bonds. The number of carbonyl (C=O) groups excluding carboxylic acids is 1. The predicted molar refractivity (Wildman–Crippen MR) is 123 cm³/mol. The van der Waals surface area contributed by atoms with E-state index in [0.29, 0.717) is 33.6 Å². The van der Waals surface area contributed by atoms with Crippen LogP contribution in [0.4, 0.5) is 5.82 Å². The molecule has 0 aliphatic rings. The Morgan fingerprint density at radius 1 is 1.23 bits per heavy atom. The molecule has 0 spiro atoms. The number of fused-ring (bicyclic) bond motifs is 1. The molecule has 31 heavy (non-hydrogen) atoms. The number of halogens is 1. The van der Waals surface area contributed by atoms with E-state index < -0.39 is 0 Å². The number of thiazole rings is 1. The lowest BCUT2D eigenvalue weighted by Crippen LogP contribution is -2.07. The monoisotopic (exact) mass is 450 g/mol. The lowest BCUT2D eigenvalue weighted by Gasteiger charge is -2.10. The molecule has 0 aliphatic carbocycles. The number of carbonyl (C=O) groups is 1. The van der Waals surface area contributed by atoms with Crippen molar-refractivity contribution in [3.8, 4) is 17.3 Å². The topological polar surface area (TPSA) is 79.4 Å². The predicted octanol–water partition coefficient (Wildman–Crippen LogP) is 5.69. The highest BCUT2D eigenvalue weighted by atomic mass is 35.5. The normalized spacial score (nSPS) is 10.8. The molecule has 2 aromatic carbocycles. The first-order chi connectivity index (χ1) is 15.0. The van der Waals surface area contributed by atoms with E-state index >= 15 is 0 Å². The third-order valence-electron chi connectivity index (χ3n) is 4.83. The average molecular weight is 451 g/mol. The van der Waals surface area contributed by atoms with E-state index in [2.05, 4.69) is 11.4 Å². The largest absolute Gasteiger partial charge is 0.462 e. The number of aromatic nitrogens is 2. The van der Waals surface area contributed by atoms with E-state index in [4.69, 9.17) is 26.6 Å². The number of anilines is 1. The molecule has 4 aromatic rings. The van der Waals surface area contributed by atoms with Gasteiger partial charge in [-0.2, -0.15) is 5.26 Å². The lowest BCUT2D eigenvalue weighted by molar-refractivity contribution is 0.0531. The van der Waals surface area contributed by atoms with Crippen LogP contribution in [0.1, 0.15) is 33.4 Å². The van der Waals surface area contributed by atoms with E-state index in [0.717, 1.165) is 28.3 Å². The summed E-state index contributed by atoms with van der Waals surface area (Å²) in [7, 11) is 0. The van der Waals surface area contributed by atoms with Crippen molar-refractivity contribution in [3.63, 3.8) is 0 Å². The van der Waals surface area contributed by atoms with Gasteiger partial charge in [0.15, 0.2) is 4.96 Å². The fourth-order valence-electron chi connectivity index (χ4n) is 3.29. The standard InChI is InChI=1S/C23H19ClN4O2S/c1-3-30-22(29)20-14(2)28-21(26-13-16-6-10-18(24)11-7-16)19(27-23(28)31-20)17-8-4-15(12-25)5-9-17/h4-11,26H,3,13H2,1-2H3. The smallest absolute Gasteiger partial charge is 0.350 e. The molecule has 0 saturated carbocycles. The van der Waals surface area contributed by atoms with Crippen LogP contribution in [0.15, 0.2) is 48.5 Å². The number of aryl methyl sites for hydroxylation is 1. The summed E-state index contributed by atoms with van der Waals surface area (Å²) in [5.41, 5.74) is 4.04. The first-order valence-electron chi connectivity index (χ1n) is 9.69. The van der Waals surface area contributed by atoms with Gasteiger partial charge in [-0.1, -0.05) is 47.2 Å². The van der Waals surface area contributed by atoms with Crippen molar-refractivity contribution in [2.75, 3.05) is 11.9 Å². The maximum Gasteiger partial charge on any atom is 0.350 e. The zero-order chi connectivity index (χ0) is 22.0. The fourth-order valence-corrected chi connectivity index (χ4v) is 4.43. The molecule has 6 nitrogen and oxygen atoms in total. The van der Waals surface area contributed by atoms with Crippen LogP contribution < -0.4 is 5.32 Å². The van der Waals surface area contributed by atoms with Crippen LogP contribution in [0.3, 0.4) is 0 Å². The van der Waals surface area contributed by atoms with E-state index in [-0.39, 0.29) is 5.97 Å². The molecule has 0 saturated heterocycles. The van der Waals surface area contributed by atoms with Crippen molar-refractivity contribution in [3.05, 3.63) is 75.3 Å². The molecule has 0 radical (unpaired) electrons. The summed E-state index contributed by atoms with van der Waals surface area (Å²) in [5, 5.41) is 13.2. The molecule has 156 valence electrons. The van der Waals surface area contributed by atoms with Crippen molar-refractivity contribution in [1.82, 2.24) is 9.38 Å². The third-order valence-corrected chi connectivity index (χ3v) is 6.20. The van der Waals surface area contributed by atoms with Crippen LogP contribution >= 0.6 is 22.9 Å². The molecule has 4 rings (SSSR count). The molecule has 2 heterocycles. The zero-order valence-electron chi connectivity index (χ0n) is 17.0. The van der Waals surface area contributed by atoms with Gasteiger partial charge in [0.05, 0.1) is 18.2 Å². The van der Waals surface area contributed by atoms with Gasteiger partial charge in [-0.3, -0.25) is 4.40 Å². The SMILES string of the molecule is CCOC(=O)c1sc2nc(-c3ccc(C#N)cc3)c(NCc3ccc(Cl)cc3)n2c1C. The van der Waals surface area contributed by atoms with Gasteiger partial charge in [0.1, 0.15) is 16.4 Å². The van der Waals surface area contributed by atoms with Gasteiger partial charge in [-0.15, -0.1) is 0 Å². The van der Waals surface area contributed by atoms with Crippen molar-refractivity contribution < 1.29 is 9.53 Å². The summed E-state index contributed by atoms with van der Waals surface area (Å²) in [5.74, 6) is 0.429. The Kier molecular flexibility index (Phi) is 5.94. The van der Waals surface area contributed by atoms with Gasteiger partial charge in [-0.25, -0.2) is 9.78 Å². The molecule has 0 bridgehead atoms. The molecule has 2 aromatic heterocycles. The van der Waals surface area contributed by atoms with Gasteiger partial charge >= 0.3 is 5.97 Å². The number of nitriles is 1. The van der Waals surface area contributed by atoms with Crippen molar-refractivity contribution in [2.24, 2.45) is 0 Å². The first-order valence-corrected chi connectivity index (χ1v) is 10.9. The van der Waals surface area contributed by atoms with Crippen molar-refractivity contribution in [1.29, 1.82) is 5.26 Å². The van der Waals surface area contributed by atoms with Gasteiger partial charge in [0.25, 0.3) is 0 Å². The van der Waals surface area contributed by atoms with Crippen molar-refractivity contribution >= 4 is 39.7 Å². The number of esters is 1. The Labute approximate surface area is 188 Å². The highest BCUT2D eigenvalue weighted by Gasteiger charge is 2.23. The maximum absolute atomic E-state index is 12.4. The van der Waals surface area contributed by atoms with Gasteiger partial charge < -0.3 is 10.1 Å². The quantitative estimate of drug-likeness (QED) is 0.382. The fraction of sp³-hybridized carbons (Fsp3) is 0.174. The highest BCUT2D eigenvalue weighted by molar-refractivity contribution is 7.19. The second-order valence-corrected chi connectivity index (χ2v) is 8.25. The molecular weight excluding hydrogens is 432 g/mol. The number of benzene rings is 2. The van der Waals surface area contributed by atoms with E-state index in [1.165, 1.54) is 11.3 Å². The maximum atomic E-state index is 12.4. The molecule has 0 atom stereocenters. The minimum absolute atomic E-state index is 0.316. The zero-order valence-corrected chi connectivity index (χ0v) is 18.5. The Hall–Kier alpha value is -3.34. The Morgan fingerprint density at radius 3 is 2.58 bits per heavy atom. The second-order valence-electron chi connectivity index (χ2n) is 6.83. The van der Waals surface area contributed by atoms with E-state index in [9.17, 15) is 4.79 Å². The summed E-state index contributed by atoms with van der Waals surface area (Å²) < 4.78 is 7.14. The van der Waals surface area contributed by atoms with Gasteiger partial charge in [-0.05, 0) is 43.7 Å².